The van der Waals surface area contributed by atoms with Crippen LogP contribution in [0.25, 0.3) is 11.0 Å². The molecule has 1 heterocycles. The van der Waals surface area contributed by atoms with E-state index in [1.807, 2.05) is 6.92 Å². The Hall–Kier alpha value is -0.944. The minimum Gasteiger partial charge on any atom is -0.744 e. The summed E-state index contributed by atoms with van der Waals surface area (Å²) in [6.07, 6.45) is 0. The zero-order valence-corrected chi connectivity index (χ0v) is 16.4. The van der Waals surface area contributed by atoms with Gasteiger partial charge in [-0.25, -0.2) is 8.42 Å². The van der Waals surface area contributed by atoms with E-state index < -0.39 is 20.9 Å². The van der Waals surface area contributed by atoms with Gasteiger partial charge in [-0.05, 0) is 36.8 Å². The molecule has 0 aliphatic rings. The molecule has 9 heteroatoms. The number of rotatable bonds is 2. The minimum atomic E-state index is -4.76. The van der Waals surface area contributed by atoms with Gasteiger partial charge >= 0.3 is 51.4 Å². The van der Waals surface area contributed by atoms with Gasteiger partial charge in [0.15, 0.2) is 0 Å². The summed E-state index contributed by atoms with van der Waals surface area (Å²) in [5, 5.41) is 7.64. The first-order chi connectivity index (χ1) is 10.4. The number of hydrogen-bond donors (Lipinski definition) is 0. The van der Waals surface area contributed by atoms with Gasteiger partial charge in [-0.3, -0.25) is 4.79 Å². The van der Waals surface area contributed by atoms with Crippen molar-refractivity contribution in [2.24, 2.45) is 0 Å². The second-order valence-electron chi connectivity index (χ2n) is 4.75. The third kappa shape index (κ3) is 3.60. The van der Waals surface area contributed by atoms with Gasteiger partial charge in [-0.2, -0.15) is 4.68 Å². The van der Waals surface area contributed by atoms with E-state index in [4.69, 9.17) is 0 Å². The number of fused-ring (bicyclic) bond motifs is 1. The molecule has 0 saturated heterocycles. The standard InChI is InChI=1S/C14H11N3O4S.K/c1-9-6-7-12-11(8-9)15-16-17(12)14(18)10-4-2-3-5-13(10)22(19,20)21;/h2-8H,1H3,(H,19,20,21);/q;+1/p-1. The number of carbonyl (C=O) groups is 1. The second-order valence-corrected chi connectivity index (χ2v) is 6.10. The molecule has 3 aromatic rings. The van der Waals surface area contributed by atoms with Crippen molar-refractivity contribution in [3.05, 3.63) is 53.6 Å². The van der Waals surface area contributed by atoms with Gasteiger partial charge in [0.25, 0.3) is 5.91 Å². The summed E-state index contributed by atoms with van der Waals surface area (Å²) in [6.45, 7) is 1.87. The summed E-state index contributed by atoms with van der Waals surface area (Å²) in [7, 11) is -4.76. The van der Waals surface area contributed by atoms with Gasteiger partial charge in [-0.15, -0.1) is 5.10 Å². The number of benzene rings is 2. The predicted octanol–water partition coefficient (Wildman–Crippen LogP) is -1.66. The quantitative estimate of drug-likeness (QED) is 0.402. The maximum atomic E-state index is 12.5. The van der Waals surface area contributed by atoms with Crippen LogP contribution in [0.2, 0.25) is 0 Å². The Kier molecular flexibility index (Phi) is 5.51. The van der Waals surface area contributed by atoms with Crippen LogP contribution in [0.15, 0.2) is 47.4 Å². The van der Waals surface area contributed by atoms with Crippen molar-refractivity contribution in [2.75, 3.05) is 0 Å². The smallest absolute Gasteiger partial charge is 0.744 e. The molecule has 1 aromatic heterocycles. The average molecular weight is 355 g/mol. The first kappa shape index (κ1) is 18.4. The van der Waals surface area contributed by atoms with E-state index in [1.54, 1.807) is 18.2 Å². The monoisotopic (exact) mass is 355 g/mol. The molecular formula is C14H10KN3O4S. The van der Waals surface area contributed by atoms with Crippen LogP contribution < -0.4 is 51.4 Å². The Morgan fingerprint density at radius 1 is 1.17 bits per heavy atom. The van der Waals surface area contributed by atoms with Crippen LogP contribution in [0.4, 0.5) is 0 Å². The van der Waals surface area contributed by atoms with E-state index in [0.717, 1.165) is 16.3 Å². The van der Waals surface area contributed by atoms with Crippen LogP contribution >= 0.6 is 0 Å². The molecule has 23 heavy (non-hydrogen) atoms. The molecule has 7 nitrogen and oxygen atoms in total. The van der Waals surface area contributed by atoms with Gasteiger partial charge in [-0.1, -0.05) is 23.4 Å². The van der Waals surface area contributed by atoms with Crippen molar-refractivity contribution >= 4 is 27.1 Å². The molecule has 0 bridgehead atoms. The fourth-order valence-corrected chi connectivity index (χ4v) is 2.83. The normalized spacial score (nSPS) is 11.2. The molecule has 0 amide bonds. The molecule has 0 aliphatic heterocycles. The van der Waals surface area contributed by atoms with Crippen LogP contribution in [0.3, 0.4) is 0 Å². The molecule has 0 unspecified atom stereocenters. The second kappa shape index (κ2) is 6.89. The molecule has 2 aromatic carbocycles. The molecule has 0 N–H and O–H groups in total. The zero-order chi connectivity index (χ0) is 15.9. The summed E-state index contributed by atoms with van der Waals surface area (Å²) >= 11 is 0. The number of carbonyl (C=O) groups excluding carboxylic acids is 1. The Morgan fingerprint density at radius 2 is 1.87 bits per heavy atom. The van der Waals surface area contributed by atoms with Crippen molar-refractivity contribution in [1.82, 2.24) is 15.0 Å². The summed E-state index contributed by atoms with van der Waals surface area (Å²) < 4.78 is 34.8. The summed E-state index contributed by atoms with van der Waals surface area (Å²) in [4.78, 5) is 12.0. The van der Waals surface area contributed by atoms with Crippen molar-refractivity contribution < 1.29 is 69.1 Å². The van der Waals surface area contributed by atoms with E-state index in [2.05, 4.69) is 10.3 Å². The van der Waals surface area contributed by atoms with Crippen molar-refractivity contribution in [1.29, 1.82) is 0 Å². The van der Waals surface area contributed by atoms with Crippen LogP contribution in [0.5, 0.6) is 0 Å². The molecule has 0 atom stereocenters. The zero-order valence-electron chi connectivity index (χ0n) is 12.4. The largest absolute Gasteiger partial charge is 1.00 e. The molecule has 112 valence electrons. The third-order valence-electron chi connectivity index (χ3n) is 3.18. The average Bonchev–Trinajstić information content (AvgIpc) is 2.88. The van der Waals surface area contributed by atoms with E-state index in [0.29, 0.717) is 11.0 Å². The Bertz CT molecular complexity index is 998. The summed E-state index contributed by atoms with van der Waals surface area (Å²) in [5.41, 5.74) is 1.67. The molecule has 0 radical (unpaired) electrons. The van der Waals surface area contributed by atoms with Crippen molar-refractivity contribution in [3.8, 4) is 0 Å². The third-order valence-corrected chi connectivity index (χ3v) is 4.07. The first-order valence-electron chi connectivity index (χ1n) is 6.29. The Morgan fingerprint density at radius 3 is 2.57 bits per heavy atom. The first-order valence-corrected chi connectivity index (χ1v) is 7.70. The molecule has 0 fully saturated rings. The van der Waals surface area contributed by atoms with Crippen LogP contribution in [-0.4, -0.2) is 33.9 Å². The minimum absolute atomic E-state index is 0. The van der Waals surface area contributed by atoms with E-state index in [-0.39, 0.29) is 56.9 Å². The van der Waals surface area contributed by atoms with Crippen LogP contribution in [0.1, 0.15) is 15.9 Å². The molecule has 0 saturated carbocycles. The Labute approximate surface area is 174 Å². The van der Waals surface area contributed by atoms with Gasteiger partial charge in [0.2, 0.25) is 0 Å². The summed E-state index contributed by atoms with van der Waals surface area (Å²) in [5.74, 6) is -0.721. The maximum Gasteiger partial charge on any atom is 1.00 e. The van der Waals surface area contributed by atoms with Gasteiger partial charge in [0.05, 0.1) is 16.0 Å². The van der Waals surface area contributed by atoms with Gasteiger partial charge < -0.3 is 4.55 Å². The van der Waals surface area contributed by atoms with Gasteiger partial charge in [0, 0.05) is 0 Å². The van der Waals surface area contributed by atoms with E-state index >= 15 is 0 Å². The van der Waals surface area contributed by atoms with Gasteiger partial charge in [0.1, 0.15) is 15.6 Å². The summed E-state index contributed by atoms with van der Waals surface area (Å²) in [6, 6.07) is 10.4. The SMILES string of the molecule is Cc1ccc2c(c1)nnn2C(=O)c1ccccc1S(=O)(=O)[O-].[K+]. The molecular weight excluding hydrogens is 345 g/mol. The molecule has 0 aliphatic carbocycles. The van der Waals surface area contributed by atoms with Crippen molar-refractivity contribution in [3.63, 3.8) is 0 Å². The molecule has 0 spiro atoms. The topological polar surface area (TPSA) is 105 Å². The predicted molar refractivity (Wildman–Crippen MR) is 76.4 cm³/mol. The Balaban J connectivity index is 0.00000192. The number of nitrogens with zero attached hydrogens (tertiary/aromatic N) is 3. The van der Waals surface area contributed by atoms with E-state index in [1.165, 1.54) is 18.2 Å². The number of aryl methyl sites for hydroxylation is 1. The number of hydrogen-bond acceptors (Lipinski definition) is 6. The van der Waals surface area contributed by atoms with Crippen LogP contribution in [-0.2, 0) is 10.1 Å². The number of aromatic nitrogens is 3. The van der Waals surface area contributed by atoms with Crippen LogP contribution in [0, 0.1) is 6.92 Å². The van der Waals surface area contributed by atoms with E-state index in [9.17, 15) is 17.8 Å². The fraction of sp³-hybridized carbons (Fsp3) is 0.0714. The maximum absolute atomic E-state index is 12.5. The van der Waals surface area contributed by atoms with Crippen molar-refractivity contribution in [2.45, 2.75) is 11.8 Å². The molecule has 3 rings (SSSR count). The fourth-order valence-electron chi connectivity index (χ4n) is 2.16.